The second-order valence-electron chi connectivity index (χ2n) is 5.87. The summed E-state index contributed by atoms with van der Waals surface area (Å²) in [6.45, 7) is 3.22. The molecule has 21 heavy (non-hydrogen) atoms. The highest BCUT2D eigenvalue weighted by Crippen LogP contribution is 2.25. The summed E-state index contributed by atoms with van der Waals surface area (Å²) >= 11 is 2.27. The van der Waals surface area contributed by atoms with Crippen molar-refractivity contribution in [2.75, 3.05) is 25.0 Å². The molecule has 0 aliphatic carbocycles. The van der Waals surface area contributed by atoms with E-state index >= 15 is 0 Å². The van der Waals surface area contributed by atoms with E-state index in [0.29, 0.717) is 6.04 Å². The SMILES string of the molecule is O=C(Nc1ccc(I)cc1)C1CCCN1C1CCNCC1. The van der Waals surface area contributed by atoms with Crippen LogP contribution < -0.4 is 10.6 Å². The highest BCUT2D eigenvalue weighted by Gasteiger charge is 2.35. The molecule has 1 unspecified atom stereocenters. The number of hydrogen-bond acceptors (Lipinski definition) is 3. The van der Waals surface area contributed by atoms with Gasteiger partial charge in [-0.15, -0.1) is 0 Å². The molecule has 0 saturated carbocycles. The molecule has 1 aromatic rings. The third kappa shape index (κ3) is 3.76. The average molecular weight is 399 g/mol. The molecule has 1 amide bonds. The zero-order valence-electron chi connectivity index (χ0n) is 12.1. The Morgan fingerprint density at radius 2 is 1.90 bits per heavy atom. The van der Waals surface area contributed by atoms with E-state index in [1.807, 2.05) is 24.3 Å². The Bertz CT molecular complexity index is 485. The van der Waals surface area contributed by atoms with Gasteiger partial charge in [-0.25, -0.2) is 0 Å². The van der Waals surface area contributed by atoms with Gasteiger partial charge in [0.25, 0.3) is 0 Å². The van der Waals surface area contributed by atoms with Crippen molar-refractivity contribution in [3.8, 4) is 0 Å². The number of carbonyl (C=O) groups is 1. The van der Waals surface area contributed by atoms with Crippen LogP contribution in [0.1, 0.15) is 25.7 Å². The van der Waals surface area contributed by atoms with Crippen LogP contribution in [0.2, 0.25) is 0 Å². The third-order valence-electron chi connectivity index (χ3n) is 4.49. The summed E-state index contributed by atoms with van der Waals surface area (Å²) in [5.74, 6) is 0.159. The van der Waals surface area contributed by atoms with Crippen molar-refractivity contribution >= 4 is 34.2 Å². The van der Waals surface area contributed by atoms with Crippen LogP contribution in [0.5, 0.6) is 0 Å². The predicted octanol–water partition coefficient (Wildman–Crippen LogP) is 2.45. The van der Waals surface area contributed by atoms with E-state index < -0.39 is 0 Å². The first-order valence-corrected chi connectivity index (χ1v) is 8.85. The molecule has 4 nitrogen and oxygen atoms in total. The maximum absolute atomic E-state index is 12.6. The minimum atomic E-state index is 0.0485. The van der Waals surface area contributed by atoms with Crippen molar-refractivity contribution in [1.29, 1.82) is 0 Å². The molecule has 1 aromatic carbocycles. The van der Waals surface area contributed by atoms with E-state index in [2.05, 4.69) is 38.1 Å². The lowest BCUT2D eigenvalue weighted by Gasteiger charge is -2.35. The van der Waals surface area contributed by atoms with E-state index in [0.717, 1.165) is 51.0 Å². The van der Waals surface area contributed by atoms with E-state index in [-0.39, 0.29) is 11.9 Å². The minimum absolute atomic E-state index is 0.0485. The molecule has 2 aliphatic rings. The van der Waals surface area contributed by atoms with Gasteiger partial charge in [-0.05, 0) is 92.2 Å². The molecule has 0 spiro atoms. The summed E-state index contributed by atoms with van der Waals surface area (Å²) in [7, 11) is 0. The second-order valence-corrected chi connectivity index (χ2v) is 7.12. The number of nitrogens with one attached hydrogen (secondary N) is 2. The van der Waals surface area contributed by atoms with Crippen LogP contribution in [-0.4, -0.2) is 42.5 Å². The number of halogens is 1. The molecule has 2 saturated heterocycles. The van der Waals surface area contributed by atoms with Crippen molar-refractivity contribution in [1.82, 2.24) is 10.2 Å². The highest BCUT2D eigenvalue weighted by molar-refractivity contribution is 14.1. The lowest BCUT2D eigenvalue weighted by atomic mass is 10.0. The van der Waals surface area contributed by atoms with Gasteiger partial charge in [0.05, 0.1) is 6.04 Å². The van der Waals surface area contributed by atoms with Crippen LogP contribution in [0.3, 0.4) is 0 Å². The number of nitrogens with zero attached hydrogens (tertiary/aromatic N) is 1. The maximum Gasteiger partial charge on any atom is 0.241 e. The minimum Gasteiger partial charge on any atom is -0.325 e. The van der Waals surface area contributed by atoms with Crippen molar-refractivity contribution in [2.45, 2.75) is 37.8 Å². The molecule has 2 aliphatic heterocycles. The van der Waals surface area contributed by atoms with Crippen LogP contribution in [0, 0.1) is 3.57 Å². The lowest BCUT2D eigenvalue weighted by molar-refractivity contribution is -0.121. The smallest absolute Gasteiger partial charge is 0.241 e. The molecule has 3 rings (SSSR count). The van der Waals surface area contributed by atoms with Crippen LogP contribution in [0.25, 0.3) is 0 Å². The van der Waals surface area contributed by atoms with E-state index in [1.54, 1.807) is 0 Å². The Morgan fingerprint density at radius 1 is 1.19 bits per heavy atom. The van der Waals surface area contributed by atoms with E-state index in [9.17, 15) is 4.79 Å². The van der Waals surface area contributed by atoms with Gasteiger partial charge in [0.15, 0.2) is 0 Å². The maximum atomic E-state index is 12.6. The van der Waals surface area contributed by atoms with Crippen LogP contribution in [0.4, 0.5) is 5.69 Å². The van der Waals surface area contributed by atoms with Gasteiger partial charge in [0, 0.05) is 15.3 Å². The lowest BCUT2D eigenvalue weighted by Crippen LogP contribution is -2.49. The summed E-state index contributed by atoms with van der Waals surface area (Å²) in [6, 6.07) is 8.62. The fourth-order valence-electron chi connectivity index (χ4n) is 3.40. The molecular formula is C16H22IN3O. The molecular weight excluding hydrogens is 377 g/mol. The van der Waals surface area contributed by atoms with Gasteiger partial charge in [-0.3, -0.25) is 9.69 Å². The Balaban J connectivity index is 1.63. The normalized spacial score (nSPS) is 24.1. The number of carbonyl (C=O) groups excluding carboxylic acids is 1. The van der Waals surface area contributed by atoms with E-state index in [4.69, 9.17) is 0 Å². The molecule has 2 heterocycles. The fourth-order valence-corrected chi connectivity index (χ4v) is 3.76. The number of likely N-dealkylation sites (tertiary alicyclic amines) is 1. The molecule has 2 N–H and O–H groups in total. The van der Waals surface area contributed by atoms with Crippen molar-refractivity contribution in [2.24, 2.45) is 0 Å². The first-order valence-electron chi connectivity index (χ1n) is 7.77. The molecule has 0 aromatic heterocycles. The number of benzene rings is 1. The summed E-state index contributed by atoms with van der Waals surface area (Å²) in [4.78, 5) is 15.0. The first-order chi connectivity index (χ1) is 10.2. The molecule has 0 bridgehead atoms. The first kappa shape index (κ1) is 15.2. The van der Waals surface area contributed by atoms with Gasteiger partial charge < -0.3 is 10.6 Å². The zero-order valence-corrected chi connectivity index (χ0v) is 14.3. The summed E-state index contributed by atoms with van der Waals surface area (Å²) < 4.78 is 1.18. The van der Waals surface area contributed by atoms with E-state index in [1.165, 1.54) is 3.57 Å². The Hall–Kier alpha value is -0.660. The molecule has 2 fully saturated rings. The number of hydrogen-bond donors (Lipinski definition) is 2. The van der Waals surface area contributed by atoms with Crippen molar-refractivity contribution in [3.05, 3.63) is 27.8 Å². The average Bonchev–Trinajstić information content (AvgIpc) is 3.00. The summed E-state index contributed by atoms with van der Waals surface area (Å²) in [5, 5.41) is 6.48. The summed E-state index contributed by atoms with van der Waals surface area (Å²) in [6.07, 6.45) is 4.44. The van der Waals surface area contributed by atoms with Gasteiger partial charge in [0.2, 0.25) is 5.91 Å². The largest absolute Gasteiger partial charge is 0.325 e. The summed E-state index contributed by atoms with van der Waals surface area (Å²) in [5.41, 5.74) is 0.901. The fraction of sp³-hybridized carbons (Fsp3) is 0.562. The van der Waals surface area contributed by atoms with Gasteiger partial charge >= 0.3 is 0 Å². The molecule has 0 radical (unpaired) electrons. The third-order valence-corrected chi connectivity index (χ3v) is 5.21. The number of amides is 1. The molecule has 1 atom stereocenters. The van der Waals surface area contributed by atoms with Crippen molar-refractivity contribution < 1.29 is 4.79 Å². The quantitative estimate of drug-likeness (QED) is 0.768. The standard InChI is InChI=1S/C16H22IN3O/c17-12-3-5-13(6-4-12)19-16(21)15-2-1-11-20(15)14-7-9-18-10-8-14/h3-6,14-15,18H,1-2,7-11H2,(H,19,21). The topological polar surface area (TPSA) is 44.4 Å². The van der Waals surface area contributed by atoms with Crippen molar-refractivity contribution in [3.63, 3.8) is 0 Å². The number of piperidine rings is 1. The molecule has 5 heteroatoms. The predicted molar refractivity (Wildman–Crippen MR) is 93.4 cm³/mol. The van der Waals surface area contributed by atoms with Crippen LogP contribution in [-0.2, 0) is 4.79 Å². The van der Waals surface area contributed by atoms with Gasteiger partial charge in [0.1, 0.15) is 0 Å². The monoisotopic (exact) mass is 399 g/mol. The van der Waals surface area contributed by atoms with Crippen LogP contribution in [0.15, 0.2) is 24.3 Å². The molecule has 114 valence electrons. The Morgan fingerprint density at radius 3 is 2.62 bits per heavy atom. The zero-order chi connectivity index (χ0) is 14.7. The highest BCUT2D eigenvalue weighted by atomic mass is 127. The van der Waals surface area contributed by atoms with Gasteiger partial charge in [-0.2, -0.15) is 0 Å². The second kappa shape index (κ2) is 7.07. The van der Waals surface area contributed by atoms with Gasteiger partial charge in [-0.1, -0.05) is 0 Å². The number of anilines is 1. The number of rotatable bonds is 3. The Kier molecular flexibility index (Phi) is 5.13. The van der Waals surface area contributed by atoms with Crippen LogP contribution >= 0.6 is 22.6 Å². The Labute approximate surface area is 139 Å².